The van der Waals surface area contributed by atoms with Crippen LogP contribution >= 0.6 is 11.6 Å². The van der Waals surface area contributed by atoms with Crippen LogP contribution in [0.5, 0.6) is 5.75 Å². The lowest BCUT2D eigenvalue weighted by Crippen LogP contribution is -2.25. The van der Waals surface area contributed by atoms with Gasteiger partial charge >= 0.3 is 6.61 Å². The van der Waals surface area contributed by atoms with Crippen molar-refractivity contribution in [1.82, 2.24) is 10.2 Å². The fourth-order valence-corrected chi connectivity index (χ4v) is 3.54. The molecule has 0 bridgehead atoms. The number of amides is 1. The van der Waals surface area contributed by atoms with E-state index < -0.39 is 6.61 Å². The van der Waals surface area contributed by atoms with Crippen molar-refractivity contribution < 1.29 is 18.3 Å². The van der Waals surface area contributed by atoms with Crippen molar-refractivity contribution in [2.75, 3.05) is 5.32 Å². The van der Waals surface area contributed by atoms with Crippen molar-refractivity contribution in [3.63, 3.8) is 0 Å². The molecule has 9 heteroatoms. The number of rotatable bonds is 5. The third kappa shape index (κ3) is 3.55. The first-order chi connectivity index (χ1) is 13.5. The second kappa shape index (κ2) is 7.55. The number of carbonyl (C=O) groups is 1. The van der Waals surface area contributed by atoms with Gasteiger partial charge in [0.2, 0.25) is 0 Å². The standard InChI is InChI=1S/C19H15ClF2N4O2/c20-11-4-5-16(28-19(21)22)13(6-11)17-15(9-24-26-17)25-18(27)14-8-23-7-10-2-1-3-12(10)14/h1,3-10,12,19H,2H2,(H,24,26)(H,25,27). The lowest BCUT2D eigenvalue weighted by Gasteiger charge is -2.21. The van der Waals surface area contributed by atoms with Gasteiger partial charge in [-0.15, -0.1) is 0 Å². The van der Waals surface area contributed by atoms with Crippen molar-refractivity contribution in [2.45, 2.75) is 13.0 Å². The molecule has 2 heterocycles. The van der Waals surface area contributed by atoms with E-state index in [1.54, 1.807) is 0 Å². The molecule has 2 aromatic rings. The van der Waals surface area contributed by atoms with E-state index in [-0.39, 0.29) is 29.1 Å². The van der Waals surface area contributed by atoms with Crippen LogP contribution in [0.2, 0.25) is 5.02 Å². The van der Waals surface area contributed by atoms with Crippen molar-refractivity contribution in [2.24, 2.45) is 16.8 Å². The highest BCUT2D eigenvalue weighted by Crippen LogP contribution is 2.37. The first kappa shape index (κ1) is 18.4. The number of nitrogens with zero attached hydrogens (tertiary/aromatic N) is 2. The normalized spacial score (nSPS) is 20.2. The minimum atomic E-state index is -3.00. The Hall–Kier alpha value is -3.00. The van der Waals surface area contributed by atoms with Gasteiger partial charge in [-0.3, -0.25) is 14.9 Å². The molecule has 28 heavy (non-hydrogen) atoms. The number of alkyl halides is 2. The molecular weight excluding hydrogens is 390 g/mol. The second-order valence-corrected chi connectivity index (χ2v) is 6.80. The molecule has 1 aliphatic heterocycles. The highest BCUT2D eigenvalue weighted by atomic mass is 35.5. The molecule has 1 amide bonds. The fourth-order valence-electron chi connectivity index (χ4n) is 3.37. The summed E-state index contributed by atoms with van der Waals surface area (Å²) in [7, 11) is 0. The average Bonchev–Trinajstić information content (AvgIpc) is 3.31. The van der Waals surface area contributed by atoms with Gasteiger partial charge in [0.1, 0.15) is 5.75 Å². The third-order valence-corrected chi connectivity index (χ3v) is 4.88. The largest absolute Gasteiger partial charge is 0.434 e. The number of ether oxygens (including phenoxy) is 1. The van der Waals surface area contributed by atoms with Gasteiger partial charge in [-0.05, 0) is 24.6 Å². The maximum atomic E-state index is 12.8. The zero-order valence-corrected chi connectivity index (χ0v) is 15.2. The van der Waals surface area contributed by atoms with Gasteiger partial charge in [0.05, 0.1) is 17.6 Å². The zero-order valence-electron chi connectivity index (χ0n) is 14.4. The van der Waals surface area contributed by atoms with Crippen molar-refractivity contribution in [3.05, 3.63) is 53.3 Å². The van der Waals surface area contributed by atoms with E-state index in [9.17, 15) is 13.6 Å². The van der Waals surface area contributed by atoms with E-state index in [0.29, 0.717) is 22.0 Å². The molecule has 0 spiro atoms. The Kier molecular flexibility index (Phi) is 4.95. The maximum Gasteiger partial charge on any atom is 0.387 e. The van der Waals surface area contributed by atoms with E-state index in [4.69, 9.17) is 11.6 Å². The number of benzene rings is 1. The number of carbonyl (C=O) groups excluding carboxylic acids is 1. The molecule has 6 nitrogen and oxygen atoms in total. The smallest absolute Gasteiger partial charge is 0.387 e. The van der Waals surface area contributed by atoms with Crippen molar-refractivity contribution >= 4 is 29.4 Å². The Bertz CT molecular complexity index is 1000. The van der Waals surface area contributed by atoms with E-state index in [1.165, 1.54) is 30.6 Å². The van der Waals surface area contributed by atoms with Gasteiger partial charge in [-0.1, -0.05) is 23.8 Å². The molecule has 1 aliphatic carbocycles. The number of hydrogen-bond acceptors (Lipinski definition) is 4. The monoisotopic (exact) mass is 404 g/mol. The third-order valence-electron chi connectivity index (χ3n) is 4.64. The molecule has 0 radical (unpaired) electrons. The van der Waals surface area contributed by atoms with Crippen LogP contribution in [-0.4, -0.2) is 28.9 Å². The zero-order chi connectivity index (χ0) is 19.7. The predicted molar refractivity (Wildman–Crippen MR) is 102 cm³/mol. The Balaban J connectivity index is 1.63. The van der Waals surface area contributed by atoms with E-state index in [1.807, 2.05) is 18.4 Å². The Labute approximate surface area is 163 Å². The summed E-state index contributed by atoms with van der Waals surface area (Å²) in [5.41, 5.74) is 1.42. The highest BCUT2D eigenvalue weighted by Gasteiger charge is 2.31. The minimum Gasteiger partial charge on any atom is -0.434 e. The summed E-state index contributed by atoms with van der Waals surface area (Å²) in [5, 5.41) is 9.73. The van der Waals surface area contributed by atoms with Gasteiger partial charge in [0, 0.05) is 40.4 Å². The summed E-state index contributed by atoms with van der Waals surface area (Å²) < 4.78 is 30.1. The number of fused-ring (bicyclic) bond motifs is 1. The summed E-state index contributed by atoms with van der Waals surface area (Å²) >= 11 is 6.01. The van der Waals surface area contributed by atoms with E-state index in [0.717, 1.165) is 6.42 Å². The van der Waals surface area contributed by atoms with E-state index >= 15 is 0 Å². The Morgan fingerprint density at radius 3 is 3.07 bits per heavy atom. The van der Waals surface area contributed by atoms with Crippen LogP contribution < -0.4 is 10.1 Å². The van der Waals surface area contributed by atoms with Crippen LogP contribution in [0.25, 0.3) is 11.3 Å². The molecule has 0 fully saturated rings. The molecule has 4 rings (SSSR count). The number of aromatic amines is 1. The van der Waals surface area contributed by atoms with Gasteiger partial charge < -0.3 is 10.1 Å². The number of hydrogen-bond donors (Lipinski definition) is 2. The van der Waals surface area contributed by atoms with Gasteiger partial charge in [-0.2, -0.15) is 13.9 Å². The molecular formula is C19H15ClF2N4O2. The Morgan fingerprint density at radius 1 is 1.39 bits per heavy atom. The van der Waals surface area contributed by atoms with E-state index in [2.05, 4.69) is 25.2 Å². The molecule has 1 aromatic carbocycles. The fraction of sp³-hybridized carbons (Fsp3) is 0.211. The average molecular weight is 405 g/mol. The van der Waals surface area contributed by atoms with Crippen LogP contribution in [-0.2, 0) is 4.79 Å². The van der Waals surface area contributed by atoms with Crippen LogP contribution in [0.3, 0.4) is 0 Å². The first-order valence-corrected chi connectivity index (χ1v) is 8.90. The lowest BCUT2D eigenvalue weighted by atomic mass is 9.87. The number of anilines is 1. The van der Waals surface area contributed by atoms with Crippen LogP contribution in [0.4, 0.5) is 14.5 Å². The van der Waals surface area contributed by atoms with Crippen LogP contribution in [0.15, 0.2) is 53.3 Å². The second-order valence-electron chi connectivity index (χ2n) is 6.37. The summed E-state index contributed by atoms with van der Waals surface area (Å²) in [6.07, 6.45) is 9.63. The lowest BCUT2D eigenvalue weighted by molar-refractivity contribution is -0.113. The summed E-state index contributed by atoms with van der Waals surface area (Å²) in [6, 6.07) is 4.24. The molecule has 2 N–H and O–H groups in total. The quantitative estimate of drug-likeness (QED) is 0.723. The number of H-pyrrole nitrogens is 1. The summed E-state index contributed by atoms with van der Waals surface area (Å²) in [5.74, 6) is -0.274. The molecule has 0 saturated carbocycles. The number of aromatic nitrogens is 2. The molecule has 2 atom stereocenters. The maximum absolute atomic E-state index is 12.8. The van der Waals surface area contributed by atoms with Gasteiger partial charge in [0.15, 0.2) is 0 Å². The topological polar surface area (TPSA) is 79.4 Å². The van der Waals surface area contributed by atoms with Crippen LogP contribution in [0.1, 0.15) is 6.42 Å². The van der Waals surface area contributed by atoms with Gasteiger partial charge in [-0.25, -0.2) is 0 Å². The SMILES string of the molecule is O=C(Nc1cn[nH]c1-c1cc(Cl)ccc1OC(F)F)C1=CN=CC2CC=CC12. The number of nitrogens with one attached hydrogen (secondary N) is 2. The molecule has 1 aromatic heterocycles. The Morgan fingerprint density at radius 2 is 2.25 bits per heavy atom. The van der Waals surface area contributed by atoms with Crippen molar-refractivity contribution in [1.29, 1.82) is 0 Å². The summed E-state index contributed by atoms with van der Waals surface area (Å²) in [6.45, 7) is -3.00. The number of allylic oxidation sites excluding steroid dienone is 2. The predicted octanol–water partition coefficient (Wildman–Crippen LogP) is 4.43. The first-order valence-electron chi connectivity index (χ1n) is 8.52. The molecule has 2 unspecified atom stereocenters. The molecule has 0 saturated heterocycles. The van der Waals surface area contributed by atoms with Crippen molar-refractivity contribution in [3.8, 4) is 17.0 Å². The number of aliphatic imine (C=N–C) groups is 1. The minimum absolute atomic E-state index is 0.0308. The molecule has 144 valence electrons. The molecule has 2 aliphatic rings. The number of halogens is 3. The highest BCUT2D eigenvalue weighted by molar-refractivity contribution is 6.31. The van der Waals surface area contributed by atoms with Crippen LogP contribution in [0, 0.1) is 11.8 Å². The van der Waals surface area contributed by atoms with Gasteiger partial charge in [0.25, 0.3) is 5.91 Å². The summed E-state index contributed by atoms with van der Waals surface area (Å²) in [4.78, 5) is 17.0.